The minimum absolute atomic E-state index is 0.138. The second-order valence-electron chi connectivity index (χ2n) is 7.59. The molecule has 0 spiro atoms. The first kappa shape index (κ1) is 21.2. The maximum absolute atomic E-state index is 13.0. The monoisotopic (exact) mass is 405 g/mol. The topological polar surface area (TPSA) is 88.9 Å². The van der Waals surface area contributed by atoms with E-state index in [0.29, 0.717) is 19.5 Å². The minimum atomic E-state index is -0.736. The number of rotatable bonds is 9. The maximum Gasteiger partial charge on any atom is 0.247 e. The van der Waals surface area contributed by atoms with Crippen molar-refractivity contribution in [2.24, 2.45) is 5.92 Å². The molecule has 1 heterocycles. The molecule has 7 heteroatoms. The van der Waals surface area contributed by atoms with Crippen LogP contribution in [-0.4, -0.2) is 26.6 Å². The highest BCUT2D eigenvalue weighted by atomic mass is 16.2. The predicted molar refractivity (Wildman–Crippen MR) is 114 cm³/mol. The number of amides is 2. The Hall–Kier alpha value is -3.48. The molecule has 0 aliphatic rings. The molecule has 2 N–H and O–H groups in total. The largest absolute Gasteiger partial charge is 0.350 e. The van der Waals surface area contributed by atoms with Crippen LogP contribution in [0, 0.1) is 5.92 Å². The fourth-order valence-corrected chi connectivity index (χ4v) is 3.19. The zero-order chi connectivity index (χ0) is 21.3. The average Bonchev–Trinajstić information content (AvgIpc) is 3.24. The molecule has 0 saturated heterocycles. The van der Waals surface area contributed by atoms with Gasteiger partial charge in [-0.2, -0.15) is 5.10 Å². The maximum atomic E-state index is 13.0. The highest BCUT2D eigenvalue weighted by molar-refractivity contribution is 5.88. The van der Waals surface area contributed by atoms with Crippen LogP contribution in [0.3, 0.4) is 0 Å². The van der Waals surface area contributed by atoms with E-state index in [1.807, 2.05) is 68.4 Å². The van der Waals surface area contributed by atoms with Crippen LogP contribution in [0.5, 0.6) is 0 Å². The number of nitrogens with one attached hydrogen (secondary N) is 2. The summed E-state index contributed by atoms with van der Waals surface area (Å²) < 4.78 is 1.74. The molecule has 156 valence electrons. The van der Waals surface area contributed by atoms with Gasteiger partial charge in [0.2, 0.25) is 11.8 Å². The summed E-state index contributed by atoms with van der Waals surface area (Å²) in [7, 11) is 0. The summed E-state index contributed by atoms with van der Waals surface area (Å²) in [6, 6.07) is 16.4. The fraction of sp³-hybridized carbons (Fsp3) is 0.304. The summed E-state index contributed by atoms with van der Waals surface area (Å²) in [6.07, 6.45) is 3.52. The molecule has 1 atom stereocenters. The Morgan fingerprint density at radius 1 is 1.00 bits per heavy atom. The molecule has 0 bridgehead atoms. The van der Waals surface area contributed by atoms with Gasteiger partial charge in [-0.3, -0.25) is 9.59 Å². The molecule has 1 unspecified atom stereocenters. The van der Waals surface area contributed by atoms with Gasteiger partial charge < -0.3 is 10.6 Å². The molecule has 3 aromatic rings. The SMILES string of the molecule is CC(C)CC(=O)NC(C(=O)NCc1ccccc1Cn1cncn1)c1ccccc1. The summed E-state index contributed by atoms with van der Waals surface area (Å²) in [5.41, 5.74) is 2.79. The first-order chi connectivity index (χ1) is 14.5. The number of nitrogens with zero attached hydrogens (tertiary/aromatic N) is 3. The third-order valence-corrected chi connectivity index (χ3v) is 4.66. The van der Waals surface area contributed by atoms with Crippen LogP contribution in [0.15, 0.2) is 67.3 Å². The van der Waals surface area contributed by atoms with Gasteiger partial charge in [0.25, 0.3) is 0 Å². The van der Waals surface area contributed by atoms with E-state index in [-0.39, 0.29) is 17.7 Å². The predicted octanol–water partition coefficient (Wildman–Crippen LogP) is 2.85. The number of hydrogen-bond donors (Lipinski definition) is 2. The average molecular weight is 406 g/mol. The number of benzene rings is 2. The Labute approximate surface area is 176 Å². The van der Waals surface area contributed by atoms with Crippen molar-refractivity contribution < 1.29 is 9.59 Å². The van der Waals surface area contributed by atoms with Crippen molar-refractivity contribution in [1.82, 2.24) is 25.4 Å². The van der Waals surface area contributed by atoms with E-state index in [1.54, 1.807) is 11.0 Å². The van der Waals surface area contributed by atoms with Gasteiger partial charge in [0, 0.05) is 13.0 Å². The Morgan fingerprint density at radius 2 is 1.70 bits per heavy atom. The Kier molecular flexibility index (Phi) is 7.32. The van der Waals surface area contributed by atoms with Gasteiger partial charge in [-0.05, 0) is 22.6 Å². The van der Waals surface area contributed by atoms with Gasteiger partial charge in [0.05, 0.1) is 6.54 Å². The van der Waals surface area contributed by atoms with E-state index in [2.05, 4.69) is 20.7 Å². The van der Waals surface area contributed by atoms with Crippen LogP contribution < -0.4 is 10.6 Å². The molecule has 0 aliphatic carbocycles. The molecule has 0 saturated carbocycles. The first-order valence-corrected chi connectivity index (χ1v) is 10.0. The Morgan fingerprint density at radius 3 is 2.37 bits per heavy atom. The molecule has 0 aliphatic heterocycles. The normalized spacial score (nSPS) is 11.8. The molecular formula is C23H27N5O2. The number of aromatic nitrogens is 3. The van der Waals surface area contributed by atoms with Crippen LogP contribution in [0.25, 0.3) is 0 Å². The van der Waals surface area contributed by atoms with E-state index in [0.717, 1.165) is 16.7 Å². The zero-order valence-electron chi connectivity index (χ0n) is 17.3. The fourth-order valence-electron chi connectivity index (χ4n) is 3.19. The highest BCUT2D eigenvalue weighted by Gasteiger charge is 2.23. The van der Waals surface area contributed by atoms with Crippen molar-refractivity contribution in [2.45, 2.75) is 39.4 Å². The van der Waals surface area contributed by atoms with Crippen molar-refractivity contribution in [3.05, 3.63) is 83.9 Å². The molecule has 2 amide bonds. The van der Waals surface area contributed by atoms with Gasteiger partial charge in [-0.1, -0.05) is 68.4 Å². The van der Waals surface area contributed by atoms with E-state index >= 15 is 0 Å². The van der Waals surface area contributed by atoms with Crippen LogP contribution >= 0.6 is 0 Å². The van der Waals surface area contributed by atoms with Crippen molar-refractivity contribution in [1.29, 1.82) is 0 Å². The number of hydrogen-bond acceptors (Lipinski definition) is 4. The third kappa shape index (κ3) is 6.01. The summed E-state index contributed by atoms with van der Waals surface area (Å²) >= 11 is 0. The van der Waals surface area contributed by atoms with Gasteiger partial charge in [-0.25, -0.2) is 9.67 Å². The van der Waals surface area contributed by atoms with Crippen LogP contribution in [-0.2, 0) is 22.7 Å². The first-order valence-electron chi connectivity index (χ1n) is 10.0. The third-order valence-electron chi connectivity index (χ3n) is 4.66. The van der Waals surface area contributed by atoms with E-state index in [1.165, 1.54) is 6.33 Å². The standard InChI is InChI=1S/C23H27N5O2/c1-17(2)12-21(29)27-22(18-8-4-3-5-9-18)23(30)25-13-19-10-6-7-11-20(19)14-28-16-24-15-26-28/h3-11,15-17,22H,12-14H2,1-2H3,(H,25,30)(H,27,29). The van der Waals surface area contributed by atoms with Gasteiger partial charge >= 0.3 is 0 Å². The summed E-state index contributed by atoms with van der Waals surface area (Å²) in [5, 5.41) is 10.00. The zero-order valence-corrected chi connectivity index (χ0v) is 17.3. The van der Waals surface area contributed by atoms with Crippen LogP contribution in [0.1, 0.15) is 43.0 Å². The number of carbonyl (C=O) groups is 2. The molecule has 0 radical (unpaired) electrons. The molecule has 3 rings (SSSR count). The van der Waals surface area contributed by atoms with Crippen molar-refractivity contribution >= 4 is 11.8 Å². The van der Waals surface area contributed by atoms with E-state index in [9.17, 15) is 9.59 Å². The second kappa shape index (κ2) is 10.3. The summed E-state index contributed by atoms with van der Waals surface area (Å²) in [4.78, 5) is 29.3. The van der Waals surface area contributed by atoms with Crippen molar-refractivity contribution in [3.63, 3.8) is 0 Å². The quantitative estimate of drug-likeness (QED) is 0.573. The lowest BCUT2D eigenvalue weighted by Crippen LogP contribution is -2.40. The van der Waals surface area contributed by atoms with Crippen LogP contribution in [0.4, 0.5) is 0 Å². The Balaban J connectivity index is 1.71. The molecule has 2 aromatic carbocycles. The van der Waals surface area contributed by atoms with E-state index in [4.69, 9.17) is 0 Å². The molecular weight excluding hydrogens is 378 g/mol. The summed E-state index contributed by atoms with van der Waals surface area (Å²) in [5.74, 6) is -0.164. The van der Waals surface area contributed by atoms with Gasteiger partial charge in [0.1, 0.15) is 18.7 Å². The molecule has 0 fully saturated rings. The molecule has 30 heavy (non-hydrogen) atoms. The minimum Gasteiger partial charge on any atom is -0.350 e. The number of carbonyl (C=O) groups excluding carboxylic acids is 2. The summed E-state index contributed by atoms with van der Waals surface area (Å²) in [6.45, 7) is 4.87. The van der Waals surface area contributed by atoms with Crippen molar-refractivity contribution in [2.75, 3.05) is 0 Å². The van der Waals surface area contributed by atoms with Crippen molar-refractivity contribution in [3.8, 4) is 0 Å². The smallest absolute Gasteiger partial charge is 0.247 e. The van der Waals surface area contributed by atoms with Crippen LogP contribution in [0.2, 0.25) is 0 Å². The van der Waals surface area contributed by atoms with Gasteiger partial charge in [-0.15, -0.1) is 0 Å². The van der Waals surface area contributed by atoms with E-state index < -0.39 is 6.04 Å². The lowest BCUT2D eigenvalue weighted by molar-refractivity contribution is -0.129. The Bertz CT molecular complexity index is 955. The molecule has 1 aromatic heterocycles. The molecule has 7 nitrogen and oxygen atoms in total. The second-order valence-corrected chi connectivity index (χ2v) is 7.59. The van der Waals surface area contributed by atoms with Gasteiger partial charge in [0.15, 0.2) is 0 Å². The lowest BCUT2D eigenvalue weighted by Gasteiger charge is -2.20. The highest BCUT2D eigenvalue weighted by Crippen LogP contribution is 2.15. The lowest BCUT2D eigenvalue weighted by atomic mass is 10.0.